The molecule has 1 amide bonds. The molecule has 1 aliphatic carbocycles. The molecule has 0 aromatic heterocycles. The van der Waals surface area contributed by atoms with Crippen LogP contribution in [0.5, 0.6) is 0 Å². The van der Waals surface area contributed by atoms with E-state index in [2.05, 4.69) is 26.1 Å². The van der Waals surface area contributed by atoms with E-state index in [1.807, 2.05) is 0 Å². The van der Waals surface area contributed by atoms with Crippen molar-refractivity contribution in [2.45, 2.75) is 65.3 Å². The standard InChI is InChI=1S/C14H26ClNO/c1-11(7-6-10-15)16-13(17)12-8-4-5-9-14(12,2)3/h11-12H,4-10H2,1-3H3,(H,16,17). The molecule has 0 saturated heterocycles. The average molecular weight is 260 g/mol. The Labute approximate surface area is 110 Å². The molecule has 0 spiro atoms. The summed E-state index contributed by atoms with van der Waals surface area (Å²) >= 11 is 5.66. The fraction of sp³-hybridized carbons (Fsp3) is 0.929. The molecule has 0 heterocycles. The maximum atomic E-state index is 12.2. The van der Waals surface area contributed by atoms with Gasteiger partial charge in [-0.05, 0) is 38.0 Å². The predicted octanol–water partition coefficient (Wildman–Crippen LogP) is 3.73. The maximum Gasteiger partial charge on any atom is 0.223 e. The number of alkyl halides is 1. The molecule has 1 aliphatic rings. The molecule has 0 aromatic rings. The smallest absolute Gasteiger partial charge is 0.223 e. The van der Waals surface area contributed by atoms with Crippen LogP contribution in [0.1, 0.15) is 59.3 Å². The summed E-state index contributed by atoms with van der Waals surface area (Å²) in [6, 6.07) is 0.249. The summed E-state index contributed by atoms with van der Waals surface area (Å²) in [4.78, 5) is 12.2. The van der Waals surface area contributed by atoms with Gasteiger partial charge in [-0.1, -0.05) is 26.7 Å². The molecule has 0 radical (unpaired) electrons. The lowest BCUT2D eigenvalue weighted by atomic mass is 9.68. The van der Waals surface area contributed by atoms with Crippen LogP contribution >= 0.6 is 11.6 Å². The van der Waals surface area contributed by atoms with Gasteiger partial charge in [0.15, 0.2) is 0 Å². The highest BCUT2D eigenvalue weighted by molar-refractivity contribution is 6.17. The van der Waals surface area contributed by atoms with Gasteiger partial charge in [0.25, 0.3) is 0 Å². The summed E-state index contributed by atoms with van der Waals surface area (Å²) in [6.45, 7) is 6.51. The second-order valence-electron chi connectivity index (χ2n) is 6.03. The van der Waals surface area contributed by atoms with Gasteiger partial charge in [-0.2, -0.15) is 0 Å². The van der Waals surface area contributed by atoms with Crippen LogP contribution in [-0.2, 0) is 4.79 Å². The van der Waals surface area contributed by atoms with Crippen LogP contribution in [0.2, 0.25) is 0 Å². The van der Waals surface area contributed by atoms with Gasteiger partial charge in [0, 0.05) is 17.8 Å². The Morgan fingerprint density at radius 2 is 2.18 bits per heavy atom. The highest BCUT2D eigenvalue weighted by Crippen LogP contribution is 2.40. The number of hydrogen-bond donors (Lipinski definition) is 1. The van der Waals surface area contributed by atoms with E-state index in [1.165, 1.54) is 19.3 Å². The minimum Gasteiger partial charge on any atom is -0.353 e. The van der Waals surface area contributed by atoms with E-state index in [4.69, 9.17) is 11.6 Å². The molecule has 17 heavy (non-hydrogen) atoms. The zero-order valence-electron chi connectivity index (χ0n) is 11.4. The van der Waals surface area contributed by atoms with Crippen LogP contribution in [0, 0.1) is 11.3 Å². The third kappa shape index (κ3) is 4.50. The number of halogens is 1. The molecule has 0 bridgehead atoms. The van der Waals surface area contributed by atoms with E-state index in [1.54, 1.807) is 0 Å². The third-order valence-corrected chi connectivity index (χ3v) is 4.25. The van der Waals surface area contributed by atoms with E-state index in [-0.39, 0.29) is 23.3 Å². The van der Waals surface area contributed by atoms with Crippen LogP contribution in [0.3, 0.4) is 0 Å². The Bertz CT molecular complexity index is 253. The quantitative estimate of drug-likeness (QED) is 0.749. The van der Waals surface area contributed by atoms with Crippen molar-refractivity contribution in [1.29, 1.82) is 0 Å². The predicted molar refractivity (Wildman–Crippen MR) is 73.3 cm³/mol. The van der Waals surface area contributed by atoms with Crippen molar-refractivity contribution in [1.82, 2.24) is 5.32 Å². The maximum absolute atomic E-state index is 12.2. The Hall–Kier alpha value is -0.240. The highest BCUT2D eigenvalue weighted by atomic mass is 35.5. The van der Waals surface area contributed by atoms with E-state index >= 15 is 0 Å². The Balaban J connectivity index is 2.45. The number of carbonyl (C=O) groups is 1. The van der Waals surface area contributed by atoms with Gasteiger partial charge < -0.3 is 5.32 Å². The van der Waals surface area contributed by atoms with Gasteiger partial charge in [0.2, 0.25) is 5.91 Å². The molecule has 2 atom stereocenters. The molecule has 1 N–H and O–H groups in total. The van der Waals surface area contributed by atoms with Gasteiger partial charge in [-0.15, -0.1) is 11.6 Å². The lowest BCUT2D eigenvalue weighted by Crippen LogP contribution is -2.44. The monoisotopic (exact) mass is 259 g/mol. The summed E-state index contributed by atoms with van der Waals surface area (Å²) < 4.78 is 0. The molecule has 0 aliphatic heterocycles. The van der Waals surface area contributed by atoms with Crippen molar-refractivity contribution >= 4 is 17.5 Å². The normalized spacial score (nSPS) is 25.3. The lowest BCUT2D eigenvalue weighted by Gasteiger charge is -2.38. The van der Waals surface area contributed by atoms with Crippen LogP contribution < -0.4 is 5.32 Å². The molecule has 3 heteroatoms. The van der Waals surface area contributed by atoms with Crippen molar-refractivity contribution in [2.24, 2.45) is 11.3 Å². The first-order chi connectivity index (χ1) is 7.97. The number of hydrogen-bond acceptors (Lipinski definition) is 1. The zero-order valence-corrected chi connectivity index (χ0v) is 12.1. The zero-order chi connectivity index (χ0) is 12.9. The molecule has 100 valence electrons. The van der Waals surface area contributed by atoms with Crippen molar-refractivity contribution < 1.29 is 4.79 Å². The molecular weight excluding hydrogens is 234 g/mol. The largest absolute Gasteiger partial charge is 0.353 e. The van der Waals surface area contributed by atoms with Crippen molar-refractivity contribution in [2.75, 3.05) is 5.88 Å². The van der Waals surface area contributed by atoms with Crippen molar-refractivity contribution in [3.8, 4) is 0 Å². The minimum absolute atomic E-state index is 0.161. The van der Waals surface area contributed by atoms with Crippen LogP contribution in [0.15, 0.2) is 0 Å². The molecule has 0 aromatic carbocycles. The van der Waals surface area contributed by atoms with Crippen LogP contribution in [-0.4, -0.2) is 17.8 Å². The lowest BCUT2D eigenvalue weighted by molar-refractivity contribution is -0.130. The van der Waals surface area contributed by atoms with Gasteiger partial charge >= 0.3 is 0 Å². The summed E-state index contributed by atoms with van der Waals surface area (Å²) in [5.74, 6) is 1.11. The van der Waals surface area contributed by atoms with E-state index < -0.39 is 0 Å². The van der Waals surface area contributed by atoms with Crippen molar-refractivity contribution in [3.05, 3.63) is 0 Å². The average Bonchev–Trinajstić information content (AvgIpc) is 2.25. The second kappa shape index (κ2) is 6.63. The number of nitrogens with one attached hydrogen (secondary N) is 1. The fourth-order valence-corrected chi connectivity index (χ4v) is 2.93. The summed E-state index contributed by atoms with van der Waals surface area (Å²) in [7, 11) is 0. The number of amides is 1. The SMILES string of the molecule is CC(CCCCl)NC(=O)C1CCCCC1(C)C. The summed E-state index contributed by atoms with van der Waals surface area (Å²) in [5, 5.41) is 3.14. The Morgan fingerprint density at radius 1 is 1.47 bits per heavy atom. The first-order valence-corrected chi connectivity index (χ1v) is 7.37. The fourth-order valence-electron chi connectivity index (χ4n) is 2.78. The molecule has 1 fully saturated rings. The molecule has 2 unspecified atom stereocenters. The van der Waals surface area contributed by atoms with E-state index in [0.29, 0.717) is 5.88 Å². The van der Waals surface area contributed by atoms with E-state index in [9.17, 15) is 4.79 Å². The topological polar surface area (TPSA) is 29.1 Å². The summed E-state index contributed by atoms with van der Waals surface area (Å²) in [6.07, 6.45) is 6.61. The van der Waals surface area contributed by atoms with Gasteiger partial charge in [-0.3, -0.25) is 4.79 Å². The first-order valence-electron chi connectivity index (χ1n) is 6.83. The minimum atomic E-state index is 0.161. The first kappa shape index (κ1) is 14.8. The molecule has 1 saturated carbocycles. The highest BCUT2D eigenvalue weighted by Gasteiger charge is 2.37. The second-order valence-corrected chi connectivity index (χ2v) is 6.41. The Kier molecular flexibility index (Phi) is 5.78. The van der Waals surface area contributed by atoms with Crippen LogP contribution in [0.4, 0.5) is 0 Å². The molecular formula is C14H26ClNO. The van der Waals surface area contributed by atoms with Gasteiger partial charge in [0.05, 0.1) is 0 Å². The van der Waals surface area contributed by atoms with Gasteiger partial charge in [-0.25, -0.2) is 0 Å². The number of carbonyl (C=O) groups excluding carboxylic acids is 1. The molecule has 1 rings (SSSR count). The van der Waals surface area contributed by atoms with Crippen LogP contribution in [0.25, 0.3) is 0 Å². The summed E-state index contributed by atoms with van der Waals surface area (Å²) in [5.41, 5.74) is 0.161. The molecule has 2 nitrogen and oxygen atoms in total. The van der Waals surface area contributed by atoms with Gasteiger partial charge in [0.1, 0.15) is 0 Å². The Morgan fingerprint density at radius 3 is 2.76 bits per heavy atom. The van der Waals surface area contributed by atoms with Crippen molar-refractivity contribution in [3.63, 3.8) is 0 Å². The number of rotatable bonds is 5. The third-order valence-electron chi connectivity index (χ3n) is 3.98. The van der Waals surface area contributed by atoms with E-state index in [0.717, 1.165) is 19.3 Å².